The van der Waals surface area contributed by atoms with E-state index < -0.39 is 24.5 Å². The number of nitrogens with zero attached hydrogens (tertiary/aromatic N) is 1. The highest BCUT2D eigenvalue weighted by atomic mass is 16.7. The van der Waals surface area contributed by atoms with Gasteiger partial charge in [0, 0.05) is 19.2 Å². The van der Waals surface area contributed by atoms with E-state index in [1.54, 1.807) is 6.07 Å². The molecule has 1 aromatic carbocycles. The average Bonchev–Trinajstić information content (AvgIpc) is 3.49. The van der Waals surface area contributed by atoms with Crippen LogP contribution in [0.15, 0.2) is 53.3 Å². The zero-order chi connectivity index (χ0) is 20.9. The van der Waals surface area contributed by atoms with E-state index in [0.29, 0.717) is 18.9 Å². The van der Waals surface area contributed by atoms with Gasteiger partial charge in [-0.2, -0.15) is 0 Å². The van der Waals surface area contributed by atoms with Crippen molar-refractivity contribution in [2.75, 3.05) is 25.0 Å². The summed E-state index contributed by atoms with van der Waals surface area (Å²) in [5.74, 6) is 0.234. The molecule has 3 heterocycles. The van der Waals surface area contributed by atoms with Crippen LogP contribution in [-0.4, -0.2) is 59.1 Å². The molecule has 5 N–H and O–H groups in total. The van der Waals surface area contributed by atoms with Crippen molar-refractivity contribution < 1.29 is 24.4 Å². The molecular weight excluding hydrogens is 388 g/mol. The first-order valence-electron chi connectivity index (χ1n) is 9.79. The van der Waals surface area contributed by atoms with Crippen molar-refractivity contribution in [3.63, 3.8) is 0 Å². The van der Waals surface area contributed by atoms with Gasteiger partial charge in [0.05, 0.1) is 18.3 Å². The van der Waals surface area contributed by atoms with Crippen LogP contribution in [0.2, 0.25) is 0 Å². The van der Waals surface area contributed by atoms with E-state index in [2.05, 4.69) is 21.3 Å². The first-order valence-corrected chi connectivity index (χ1v) is 9.79. The Hall–Kier alpha value is -2.98. The number of aromatic nitrogens is 1. The Morgan fingerprint density at radius 1 is 1.23 bits per heavy atom. The molecule has 2 aliphatic rings. The van der Waals surface area contributed by atoms with E-state index in [1.165, 1.54) is 6.26 Å². The summed E-state index contributed by atoms with van der Waals surface area (Å²) in [6.07, 6.45) is 4.58. The molecule has 0 saturated carbocycles. The Morgan fingerprint density at radius 3 is 2.77 bits per heavy atom. The quantitative estimate of drug-likeness (QED) is 0.425. The van der Waals surface area contributed by atoms with E-state index in [0.717, 1.165) is 28.8 Å². The summed E-state index contributed by atoms with van der Waals surface area (Å²) in [7, 11) is 0. The van der Waals surface area contributed by atoms with E-state index in [-0.39, 0.29) is 6.10 Å². The summed E-state index contributed by atoms with van der Waals surface area (Å²) in [5.41, 5.74) is 6.86. The molecule has 2 unspecified atom stereocenters. The lowest BCUT2D eigenvalue weighted by Crippen LogP contribution is -2.44. The van der Waals surface area contributed by atoms with E-state index in [9.17, 15) is 9.90 Å². The number of carbonyl (C=O) groups is 1. The number of anilines is 1. The highest BCUT2D eigenvalue weighted by molar-refractivity contribution is 5.92. The van der Waals surface area contributed by atoms with Crippen molar-refractivity contribution in [3.05, 3.63) is 59.9 Å². The molecule has 30 heavy (non-hydrogen) atoms. The third-order valence-electron chi connectivity index (χ3n) is 5.10. The lowest BCUT2D eigenvalue weighted by Gasteiger charge is -2.23. The van der Waals surface area contributed by atoms with Crippen LogP contribution in [0, 0.1) is 0 Å². The maximum Gasteiger partial charge on any atom is 0.184 e. The van der Waals surface area contributed by atoms with Gasteiger partial charge in [-0.05, 0) is 29.2 Å². The van der Waals surface area contributed by atoms with Crippen LogP contribution < -0.4 is 16.1 Å². The molecule has 4 rings (SSSR count). The third-order valence-corrected chi connectivity index (χ3v) is 5.10. The van der Waals surface area contributed by atoms with Gasteiger partial charge in [-0.15, -0.1) is 0 Å². The van der Waals surface area contributed by atoms with Crippen LogP contribution in [-0.2, 0) is 9.63 Å². The van der Waals surface area contributed by atoms with Gasteiger partial charge in [0.1, 0.15) is 18.5 Å². The Bertz CT molecular complexity index is 923. The summed E-state index contributed by atoms with van der Waals surface area (Å²) in [5, 5.41) is 28.6. The fourth-order valence-corrected chi connectivity index (χ4v) is 3.45. The molecule has 2 aromatic rings. The van der Waals surface area contributed by atoms with E-state index in [4.69, 9.17) is 14.5 Å². The van der Waals surface area contributed by atoms with Gasteiger partial charge in [-0.3, -0.25) is 15.1 Å². The van der Waals surface area contributed by atoms with Crippen molar-refractivity contribution in [1.29, 1.82) is 0 Å². The first-order chi connectivity index (χ1) is 14.6. The Balaban J connectivity index is 1.41. The largest absolute Gasteiger partial charge is 0.393 e. The summed E-state index contributed by atoms with van der Waals surface area (Å²) in [6.45, 7) is 0.604. The number of carbonyl (C=O) groups excluding carboxylic acids is 1. The highest BCUT2D eigenvalue weighted by Gasteiger charge is 2.26. The number of hydrogen-bond donors (Lipinski definition) is 5. The van der Waals surface area contributed by atoms with Crippen molar-refractivity contribution in [2.24, 2.45) is 0 Å². The minimum Gasteiger partial charge on any atom is -0.393 e. The number of hydrogen-bond acceptors (Lipinski definition) is 9. The molecule has 9 nitrogen and oxygen atoms in total. The maximum absolute atomic E-state index is 12.1. The van der Waals surface area contributed by atoms with Crippen LogP contribution in [0.3, 0.4) is 0 Å². The van der Waals surface area contributed by atoms with Gasteiger partial charge in [0.2, 0.25) is 0 Å². The van der Waals surface area contributed by atoms with E-state index >= 15 is 0 Å². The number of benzene rings is 1. The Labute approximate surface area is 173 Å². The Kier molecular flexibility index (Phi) is 6.24. The molecule has 3 atom stereocenters. The lowest BCUT2D eigenvalue weighted by molar-refractivity contribution is -0.130. The molecule has 158 valence electrons. The number of hydroxylamine groups is 1. The SMILES string of the molecule is O=C(C(O)CO)[C@@H]1C=C(c2ccc(C3=CC(CNc4ccon4)ON3)cc2)CCN1. The van der Waals surface area contributed by atoms with Crippen molar-refractivity contribution in [1.82, 2.24) is 16.0 Å². The number of nitrogens with one attached hydrogen (secondary N) is 3. The van der Waals surface area contributed by atoms with Crippen LogP contribution in [0.5, 0.6) is 0 Å². The normalized spacial score (nSPS) is 22.1. The smallest absolute Gasteiger partial charge is 0.184 e. The zero-order valence-electron chi connectivity index (χ0n) is 16.2. The van der Waals surface area contributed by atoms with Gasteiger partial charge in [-0.1, -0.05) is 35.5 Å². The average molecular weight is 412 g/mol. The van der Waals surface area contributed by atoms with Gasteiger partial charge in [0.15, 0.2) is 11.6 Å². The minimum atomic E-state index is -1.37. The van der Waals surface area contributed by atoms with Crippen molar-refractivity contribution in [3.8, 4) is 0 Å². The fraction of sp³-hybridized carbons (Fsp3) is 0.333. The second-order valence-corrected chi connectivity index (χ2v) is 7.16. The standard InChI is InChI=1S/C21H24N4O5/c26-12-19(27)21(28)18-9-15(5-7-22-18)13-1-3-14(4-2-13)17-10-16(30-24-17)11-23-20-6-8-29-25-20/h1-4,6,8-10,16,18-19,22,24,26-27H,5,7,11-12H2,(H,23,25)/t16?,18-,19?/m0/s1. The molecule has 2 aliphatic heterocycles. The lowest BCUT2D eigenvalue weighted by atomic mass is 9.93. The summed E-state index contributed by atoms with van der Waals surface area (Å²) >= 11 is 0. The molecule has 1 aromatic heterocycles. The second kappa shape index (κ2) is 9.23. The predicted octanol–water partition coefficient (Wildman–Crippen LogP) is 0.699. The predicted molar refractivity (Wildman–Crippen MR) is 110 cm³/mol. The van der Waals surface area contributed by atoms with Crippen molar-refractivity contribution >= 4 is 22.9 Å². The highest BCUT2D eigenvalue weighted by Crippen LogP contribution is 2.25. The molecule has 9 heteroatoms. The Morgan fingerprint density at radius 2 is 2.03 bits per heavy atom. The van der Waals surface area contributed by atoms with Gasteiger partial charge < -0.3 is 25.4 Å². The number of rotatable bonds is 8. The van der Waals surface area contributed by atoms with Crippen LogP contribution in [0.1, 0.15) is 17.5 Å². The van der Waals surface area contributed by atoms with Gasteiger partial charge in [-0.25, -0.2) is 0 Å². The molecule has 0 spiro atoms. The molecule has 0 bridgehead atoms. The summed E-state index contributed by atoms with van der Waals surface area (Å²) in [4.78, 5) is 17.7. The molecule has 0 radical (unpaired) electrons. The maximum atomic E-state index is 12.1. The molecular formula is C21H24N4O5. The molecule has 0 aliphatic carbocycles. The van der Waals surface area contributed by atoms with Crippen molar-refractivity contribution in [2.45, 2.75) is 24.7 Å². The monoisotopic (exact) mass is 412 g/mol. The van der Waals surface area contributed by atoms with Crippen LogP contribution in [0.25, 0.3) is 11.3 Å². The number of aliphatic hydroxyl groups excluding tert-OH is 2. The first kappa shape index (κ1) is 20.3. The number of ketones is 1. The van der Waals surface area contributed by atoms with Crippen LogP contribution >= 0.6 is 0 Å². The third kappa shape index (κ3) is 4.60. The van der Waals surface area contributed by atoms with Gasteiger partial charge >= 0.3 is 0 Å². The molecule has 0 amide bonds. The number of aliphatic hydroxyl groups is 2. The van der Waals surface area contributed by atoms with E-state index in [1.807, 2.05) is 36.4 Å². The summed E-state index contributed by atoms with van der Waals surface area (Å²) in [6, 6.07) is 9.13. The zero-order valence-corrected chi connectivity index (χ0v) is 16.2. The molecule has 0 fully saturated rings. The second-order valence-electron chi connectivity index (χ2n) is 7.16. The summed E-state index contributed by atoms with van der Waals surface area (Å²) < 4.78 is 4.78. The van der Waals surface area contributed by atoms with Gasteiger partial charge in [0.25, 0.3) is 0 Å². The fourth-order valence-electron chi connectivity index (χ4n) is 3.45. The number of Topliss-reactive ketones (excluding diaryl/α,β-unsaturated/α-hetero) is 1. The topological polar surface area (TPSA) is 129 Å². The van der Waals surface area contributed by atoms with Crippen LogP contribution in [0.4, 0.5) is 5.82 Å². The molecule has 0 saturated heterocycles. The minimum absolute atomic E-state index is 0.145.